The summed E-state index contributed by atoms with van der Waals surface area (Å²) in [5, 5.41) is 3.09. The lowest BCUT2D eigenvalue weighted by molar-refractivity contribution is -0.142. The van der Waals surface area contributed by atoms with Gasteiger partial charge in [-0.3, -0.25) is 9.59 Å². The van der Waals surface area contributed by atoms with Gasteiger partial charge in [0.15, 0.2) is 0 Å². The first-order chi connectivity index (χ1) is 7.93. The molecule has 4 nitrogen and oxygen atoms in total. The molecule has 1 aromatic carbocycles. The van der Waals surface area contributed by atoms with Crippen LogP contribution in [0.2, 0.25) is 15.1 Å². The smallest absolute Gasteiger partial charge is 0.315 e. The summed E-state index contributed by atoms with van der Waals surface area (Å²) in [6.45, 7) is 0. The molecule has 0 heterocycles. The summed E-state index contributed by atoms with van der Waals surface area (Å²) in [4.78, 5) is 22.2. The lowest BCUT2D eigenvalue weighted by atomic mass is 10.3. The number of carbonyl (C=O) groups is 2. The van der Waals surface area contributed by atoms with E-state index in [0.717, 1.165) is 0 Å². The molecule has 1 rings (SSSR count). The minimum Gasteiger partial charge on any atom is -0.469 e. The van der Waals surface area contributed by atoms with Crippen LogP contribution in [0.3, 0.4) is 0 Å². The molecule has 1 aromatic rings. The summed E-state index contributed by atoms with van der Waals surface area (Å²) >= 11 is 17.3. The van der Waals surface area contributed by atoms with Crippen LogP contribution in [-0.2, 0) is 14.3 Å². The van der Waals surface area contributed by atoms with Crippen molar-refractivity contribution in [2.24, 2.45) is 0 Å². The second-order valence-corrected chi connectivity index (χ2v) is 4.25. The highest BCUT2D eigenvalue weighted by Crippen LogP contribution is 2.33. The molecule has 7 heteroatoms. The van der Waals surface area contributed by atoms with Crippen molar-refractivity contribution in [3.05, 3.63) is 27.2 Å². The fraction of sp³-hybridized carbons (Fsp3) is 0.200. The molecule has 0 radical (unpaired) electrons. The predicted octanol–water partition coefficient (Wildman–Crippen LogP) is 3.15. The third kappa shape index (κ3) is 4.07. The highest BCUT2D eigenvalue weighted by Gasteiger charge is 2.11. The van der Waals surface area contributed by atoms with Crippen molar-refractivity contribution in [1.82, 2.24) is 0 Å². The van der Waals surface area contributed by atoms with Crippen LogP contribution in [0.5, 0.6) is 0 Å². The van der Waals surface area contributed by atoms with Crippen LogP contribution in [0.4, 0.5) is 5.69 Å². The van der Waals surface area contributed by atoms with Gasteiger partial charge >= 0.3 is 5.97 Å². The highest BCUT2D eigenvalue weighted by molar-refractivity contribution is 6.48. The van der Waals surface area contributed by atoms with Gasteiger partial charge in [0, 0.05) is 5.69 Å². The molecular weight excluding hydrogens is 288 g/mol. The average molecular weight is 297 g/mol. The molecule has 0 aromatic heterocycles. The van der Waals surface area contributed by atoms with E-state index in [1.165, 1.54) is 19.2 Å². The van der Waals surface area contributed by atoms with Crippen molar-refractivity contribution >= 4 is 52.4 Å². The number of methoxy groups -OCH3 is 1. The maximum Gasteiger partial charge on any atom is 0.315 e. The van der Waals surface area contributed by atoms with Crippen LogP contribution in [0.1, 0.15) is 6.42 Å². The molecule has 17 heavy (non-hydrogen) atoms. The molecule has 0 bridgehead atoms. The van der Waals surface area contributed by atoms with Gasteiger partial charge in [0.2, 0.25) is 5.91 Å². The monoisotopic (exact) mass is 295 g/mol. The Labute approximate surface area is 113 Å². The van der Waals surface area contributed by atoms with Crippen LogP contribution in [0.25, 0.3) is 0 Å². The summed E-state index contributed by atoms with van der Waals surface area (Å²) in [7, 11) is 1.20. The van der Waals surface area contributed by atoms with E-state index in [1.54, 1.807) is 0 Å². The van der Waals surface area contributed by atoms with Gasteiger partial charge in [0.25, 0.3) is 0 Å². The first kappa shape index (κ1) is 14.1. The second-order valence-electron chi connectivity index (χ2n) is 3.05. The van der Waals surface area contributed by atoms with Crippen LogP contribution >= 0.6 is 34.8 Å². The Morgan fingerprint density at radius 3 is 2.24 bits per heavy atom. The van der Waals surface area contributed by atoms with E-state index in [2.05, 4.69) is 10.1 Å². The number of nitrogens with one attached hydrogen (secondary N) is 1. The number of carbonyl (C=O) groups excluding carboxylic acids is 2. The third-order valence-corrected chi connectivity index (χ3v) is 3.00. The molecular formula is C10H8Cl3NO3. The van der Waals surface area contributed by atoms with Gasteiger partial charge in [0.05, 0.1) is 22.2 Å². The number of hydrogen-bond acceptors (Lipinski definition) is 3. The Morgan fingerprint density at radius 1 is 1.24 bits per heavy atom. The predicted molar refractivity (Wildman–Crippen MR) is 66.7 cm³/mol. The minimum absolute atomic E-state index is 0.208. The standard InChI is InChI=1S/C10H8Cl3NO3/c1-17-9(16)4-8(15)14-5-2-6(11)10(13)7(12)3-5/h2-3H,4H2,1H3,(H,14,15). The van der Waals surface area contributed by atoms with Crippen molar-refractivity contribution in [2.75, 3.05) is 12.4 Å². The topological polar surface area (TPSA) is 55.4 Å². The SMILES string of the molecule is COC(=O)CC(=O)Nc1cc(Cl)c(Cl)c(Cl)c1. The van der Waals surface area contributed by atoms with E-state index < -0.39 is 11.9 Å². The summed E-state index contributed by atoms with van der Waals surface area (Å²) < 4.78 is 4.35. The Balaban J connectivity index is 2.76. The Kier molecular flexibility index (Phi) is 5.05. The molecule has 0 saturated carbocycles. The van der Waals surface area contributed by atoms with E-state index in [4.69, 9.17) is 34.8 Å². The quantitative estimate of drug-likeness (QED) is 0.529. The highest BCUT2D eigenvalue weighted by atomic mass is 35.5. The zero-order valence-corrected chi connectivity index (χ0v) is 11.0. The molecule has 0 aliphatic heterocycles. The Morgan fingerprint density at radius 2 is 1.76 bits per heavy atom. The first-order valence-corrected chi connectivity index (χ1v) is 5.58. The maximum absolute atomic E-state index is 11.4. The lowest BCUT2D eigenvalue weighted by Gasteiger charge is -2.07. The maximum atomic E-state index is 11.4. The van der Waals surface area contributed by atoms with Gasteiger partial charge in [-0.25, -0.2) is 0 Å². The number of esters is 1. The fourth-order valence-electron chi connectivity index (χ4n) is 1.04. The van der Waals surface area contributed by atoms with Gasteiger partial charge in [-0.1, -0.05) is 34.8 Å². The largest absolute Gasteiger partial charge is 0.469 e. The minimum atomic E-state index is -0.631. The normalized spacial score (nSPS) is 9.88. The number of rotatable bonds is 3. The summed E-state index contributed by atoms with van der Waals surface area (Å²) in [5.41, 5.74) is 0.360. The number of amides is 1. The van der Waals surface area contributed by atoms with E-state index in [-0.39, 0.29) is 21.5 Å². The second kappa shape index (κ2) is 6.10. The zero-order valence-electron chi connectivity index (χ0n) is 8.72. The fourth-order valence-corrected chi connectivity index (χ4v) is 1.63. The number of ether oxygens (including phenoxy) is 1. The molecule has 0 aliphatic rings. The molecule has 0 saturated heterocycles. The van der Waals surface area contributed by atoms with Crippen LogP contribution in [0.15, 0.2) is 12.1 Å². The van der Waals surface area contributed by atoms with Gasteiger partial charge in [-0.05, 0) is 12.1 Å². The van der Waals surface area contributed by atoms with E-state index >= 15 is 0 Å². The van der Waals surface area contributed by atoms with Gasteiger partial charge in [-0.15, -0.1) is 0 Å². The van der Waals surface area contributed by atoms with E-state index in [1.807, 2.05) is 0 Å². The molecule has 92 valence electrons. The van der Waals surface area contributed by atoms with Crippen LogP contribution in [0, 0.1) is 0 Å². The summed E-state index contributed by atoms with van der Waals surface area (Å²) in [5.74, 6) is -1.15. The van der Waals surface area contributed by atoms with E-state index in [0.29, 0.717) is 5.69 Å². The van der Waals surface area contributed by atoms with Gasteiger partial charge in [-0.2, -0.15) is 0 Å². The van der Waals surface area contributed by atoms with Gasteiger partial charge in [0.1, 0.15) is 6.42 Å². The first-order valence-electron chi connectivity index (χ1n) is 4.45. The Hall–Kier alpha value is -0.970. The third-order valence-electron chi connectivity index (χ3n) is 1.80. The van der Waals surface area contributed by atoms with Crippen molar-refractivity contribution in [1.29, 1.82) is 0 Å². The van der Waals surface area contributed by atoms with Crippen LogP contribution < -0.4 is 5.32 Å². The molecule has 0 aliphatic carbocycles. The molecule has 0 unspecified atom stereocenters. The molecule has 0 fully saturated rings. The zero-order chi connectivity index (χ0) is 13.0. The average Bonchev–Trinajstić information content (AvgIpc) is 2.25. The Bertz CT molecular complexity index is 439. The van der Waals surface area contributed by atoms with E-state index in [9.17, 15) is 9.59 Å². The van der Waals surface area contributed by atoms with Crippen LogP contribution in [-0.4, -0.2) is 19.0 Å². The number of hydrogen-bond donors (Lipinski definition) is 1. The number of anilines is 1. The molecule has 0 spiro atoms. The molecule has 1 amide bonds. The van der Waals surface area contributed by atoms with Crippen molar-refractivity contribution in [3.63, 3.8) is 0 Å². The van der Waals surface area contributed by atoms with Crippen molar-refractivity contribution < 1.29 is 14.3 Å². The van der Waals surface area contributed by atoms with Gasteiger partial charge < -0.3 is 10.1 Å². The molecule has 1 N–H and O–H groups in total. The number of halogens is 3. The summed E-state index contributed by atoms with van der Waals surface area (Å²) in [6, 6.07) is 2.87. The van der Waals surface area contributed by atoms with Crippen molar-refractivity contribution in [3.8, 4) is 0 Å². The summed E-state index contributed by atoms with van der Waals surface area (Å²) in [6.07, 6.45) is -0.381. The lowest BCUT2D eigenvalue weighted by Crippen LogP contribution is -2.17. The number of benzene rings is 1. The molecule has 0 atom stereocenters. The van der Waals surface area contributed by atoms with Crippen molar-refractivity contribution in [2.45, 2.75) is 6.42 Å².